The number of hydrogen-bond acceptors (Lipinski definition) is 10. The molecular formula is C19H32N4O11. The van der Waals surface area contributed by atoms with Gasteiger partial charge in [-0.25, -0.2) is 4.79 Å². The van der Waals surface area contributed by atoms with E-state index < -0.39 is 85.0 Å². The number of hydrogen-bond donors (Lipinski definition) is 8. The van der Waals surface area contributed by atoms with Crippen molar-refractivity contribution in [1.29, 1.82) is 0 Å². The van der Waals surface area contributed by atoms with E-state index in [1.54, 1.807) is 0 Å². The maximum absolute atomic E-state index is 12.5. The molecule has 8 atom stereocenters. The monoisotopic (exact) mass is 492 g/mol. The Labute approximate surface area is 195 Å². The van der Waals surface area contributed by atoms with E-state index in [0.717, 1.165) is 6.92 Å². The number of carbonyl (C=O) groups is 5. The molecule has 1 aliphatic rings. The number of nitrogens with two attached hydrogens (primary N) is 1. The second-order valence-corrected chi connectivity index (χ2v) is 7.84. The van der Waals surface area contributed by atoms with Crippen LogP contribution in [0.5, 0.6) is 0 Å². The fraction of sp³-hybridized carbons (Fsp3) is 0.737. The number of carbonyl (C=O) groups excluding carboxylic acids is 4. The van der Waals surface area contributed by atoms with Crippen LogP contribution in [0, 0.1) is 0 Å². The second-order valence-electron chi connectivity index (χ2n) is 7.84. The minimum Gasteiger partial charge on any atom is -0.480 e. The highest BCUT2D eigenvalue weighted by molar-refractivity contribution is 5.91. The zero-order chi connectivity index (χ0) is 26.2. The molecule has 0 aromatic heterocycles. The summed E-state index contributed by atoms with van der Waals surface area (Å²) in [5.41, 5.74) is 4.99. The third-order valence-corrected chi connectivity index (χ3v) is 5.02. The molecule has 15 heteroatoms. The van der Waals surface area contributed by atoms with Crippen LogP contribution in [0.3, 0.4) is 0 Å². The first kappa shape index (κ1) is 29.2. The SMILES string of the molecule is CC(=O)N[C@H]1C(OC(C)C(=O)NC(C)C(=O)NC(CCC(N)=O)C(=O)O)[C@H](O)C(CO)O[C@H]1O. The quantitative estimate of drug-likeness (QED) is 0.129. The molecule has 34 heavy (non-hydrogen) atoms. The molecule has 1 aliphatic heterocycles. The van der Waals surface area contributed by atoms with Crippen LogP contribution in [-0.4, -0.2) is 105 Å². The van der Waals surface area contributed by atoms with Gasteiger partial charge in [0.25, 0.3) is 0 Å². The van der Waals surface area contributed by atoms with Gasteiger partial charge in [-0.3, -0.25) is 19.2 Å². The van der Waals surface area contributed by atoms with E-state index in [1.807, 2.05) is 0 Å². The predicted molar refractivity (Wildman–Crippen MR) is 112 cm³/mol. The lowest BCUT2D eigenvalue weighted by Gasteiger charge is -2.43. The molecule has 4 amide bonds. The summed E-state index contributed by atoms with van der Waals surface area (Å²) in [4.78, 5) is 58.4. The number of nitrogens with one attached hydrogen (secondary N) is 3. The fourth-order valence-electron chi connectivity index (χ4n) is 3.17. The fourth-order valence-corrected chi connectivity index (χ4v) is 3.17. The molecule has 0 aromatic carbocycles. The van der Waals surface area contributed by atoms with Gasteiger partial charge in [-0.2, -0.15) is 0 Å². The van der Waals surface area contributed by atoms with Crippen LogP contribution >= 0.6 is 0 Å². The van der Waals surface area contributed by atoms with Crippen LogP contribution in [0.4, 0.5) is 0 Å². The molecule has 15 nitrogen and oxygen atoms in total. The number of primary amides is 1. The maximum Gasteiger partial charge on any atom is 0.326 e. The van der Waals surface area contributed by atoms with E-state index in [4.69, 9.17) is 20.3 Å². The Balaban J connectivity index is 2.80. The van der Waals surface area contributed by atoms with E-state index in [-0.39, 0.29) is 12.8 Å². The molecule has 0 aliphatic carbocycles. The van der Waals surface area contributed by atoms with Crippen molar-refractivity contribution >= 4 is 29.6 Å². The van der Waals surface area contributed by atoms with Crippen LogP contribution in [0.25, 0.3) is 0 Å². The highest BCUT2D eigenvalue weighted by Gasteiger charge is 2.47. The molecule has 0 bridgehead atoms. The lowest BCUT2D eigenvalue weighted by Crippen LogP contribution is -2.65. The number of rotatable bonds is 12. The van der Waals surface area contributed by atoms with Gasteiger partial charge in [0, 0.05) is 13.3 Å². The summed E-state index contributed by atoms with van der Waals surface area (Å²) in [5.74, 6) is -4.39. The first-order valence-electron chi connectivity index (χ1n) is 10.4. The molecule has 0 spiro atoms. The summed E-state index contributed by atoms with van der Waals surface area (Å²) in [6.45, 7) is 3.03. The van der Waals surface area contributed by atoms with Gasteiger partial charge < -0.3 is 51.6 Å². The van der Waals surface area contributed by atoms with Gasteiger partial charge in [0.15, 0.2) is 6.29 Å². The van der Waals surface area contributed by atoms with Gasteiger partial charge >= 0.3 is 5.97 Å². The van der Waals surface area contributed by atoms with E-state index >= 15 is 0 Å². The minimum absolute atomic E-state index is 0.239. The molecular weight excluding hydrogens is 460 g/mol. The van der Waals surface area contributed by atoms with Gasteiger partial charge in [-0.15, -0.1) is 0 Å². The smallest absolute Gasteiger partial charge is 0.326 e. The lowest BCUT2D eigenvalue weighted by atomic mass is 9.96. The summed E-state index contributed by atoms with van der Waals surface area (Å²) < 4.78 is 10.6. The molecule has 1 rings (SSSR count). The Morgan fingerprint density at radius 1 is 1.09 bits per heavy atom. The minimum atomic E-state index is -1.65. The molecule has 5 unspecified atom stereocenters. The van der Waals surface area contributed by atoms with Gasteiger partial charge in [0.1, 0.15) is 42.5 Å². The zero-order valence-electron chi connectivity index (χ0n) is 19.0. The zero-order valence-corrected chi connectivity index (χ0v) is 19.0. The Bertz CT molecular complexity index is 765. The van der Waals surface area contributed by atoms with E-state index in [1.165, 1.54) is 13.8 Å². The van der Waals surface area contributed by atoms with Crippen molar-refractivity contribution in [3.63, 3.8) is 0 Å². The number of aliphatic hydroxyl groups is 3. The van der Waals surface area contributed by atoms with Gasteiger partial charge in [0.2, 0.25) is 23.6 Å². The van der Waals surface area contributed by atoms with Crippen molar-refractivity contribution in [2.75, 3.05) is 6.61 Å². The van der Waals surface area contributed by atoms with Crippen LogP contribution in [0.2, 0.25) is 0 Å². The Hall–Kier alpha value is -2.85. The van der Waals surface area contributed by atoms with Crippen LogP contribution < -0.4 is 21.7 Å². The number of amides is 4. The second kappa shape index (κ2) is 13.1. The molecule has 1 fully saturated rings. The normalized spacial score (nSPS) is 27.1. The Morgan fingerprint density at radius 3 is 2.21 bits per heavy atom. The molecule has 0 radical (unpaired) electrons. The molecule has 0 aromatic rings. The summed E-state index contributed by atoms with van der Waals surface area (Å²) in [5, 5.41) is 45.9. The predicted octanol–water partition coefficient (Wildman–Crippen LogP) is -4.33. The summed E-state index contributed by atoms with van der Waals surface area (Å²) in [6.07, 6.45) is -7.62. The lowest BCUT2D eigenvalue weighted by molar-refractivity contribution is -0.266. The molecule has 0 saturated carbocycles. The summed E-state index contributed by atoms with van der Waals surface area (Å²) in [7, 11) is 0. The van der Waals surface area contributed by atoms with Crippen molar-refractivity contribution in [1.82, 2.24) is 16.0 Å². The van der Waals surface area contributed by atoms with Crippen molar-refractivity contribution in [3.8, 4) is 0 Å². The van der Waals surface area contributed by atoms with E-state index in [0.29, 0.717) is 0 Å². The number of carboxylic acids is 1. The topological polar surface area (TPSA) is 247 Å². The van der Waals surface area contributed by atoms with Gasteiger partial charge in [0.05, 0.1) is 6.61 Å². The average Bonchev–Trinajstić information content (AvgIpc) is 2.74. The van der Waals surface area contributed by atoms with Crippen LogP contribution in [0.15, 0.2) is 0 Å². The van der Waals surface area contributed by atoms with E-state index in [2.05, 4.69) is 16.0 Å². The highest BCUT2D eigenvalue weighted by atomic mass is 16.6. The van der Waals surface area contributed by atoms with Crippen LogP contribution in [0.1, 0.15) is 33.6 Å². The third-order valence-electron chi connectivity index (χ3n) is 5.02. The molecule has 1 heterocycles. The first-order valence-corrected chi connectivity index (χ1v) is 10.4. The Morgan fingerprint density at radius 2 is 1.71 bits per heavy atom. The van der Waals surface area contributed by atoms with Crippen molar-refractivity contribution < 1.29 is 53.9 Å². The largest absolute Gasteiger partial charge is 0.480 e. The molecule has 9 N–H and O–H groups in total. The summed E-state index contributed by atoms with van der Waals surface area (Å²) >= 11 is 0. The maximum atomic E-state index is 12.5. The van der Waals surface area contributed by atoms with Crippen molar-refractivity contribution in [2.24, 2.45) is 5.73 Å². The standard InChI is InChI=1S/C19H32N4O11/c1-7(16(28)23-10(18(30)31)4-5-12(20)26)21-17(29)8(2)33-15-13(22-9(3)25)19(32)34-11(6-24)14(15)27/h7-8,10-11,13-15,19,24,27,32H,4-6H2,1-3H3,(H2,20,26)(H,21,29)(H,22,25)(H,23,28)(H,30,31)/t7?,8?,10?,11?,13-,14+,15?,19+/m0/s1. The number of carboxylic acid groups (broad SMARTS) is 1. The number of aliphatic hydroxyl groups excluding tert-OH is 3. The van der Waals surface area contributed by atoms with Gasteiger partial charge in [-0.1, -0.05) is 0 Å². The summed E-state index contributed by atoms with van der Waals surface area (Å²) in [6, 6.07) is -3.89. The van der Waals surface area contributed by atoms with Crippen molar-refractivity contribution in [2.45, 2.75) is 82.4 Å². The van der Waals surface area contributed by atoms with Crippen LogP contribution in [-0.2, 0) is 33.4 Å². The van der Waals surface area contributed by atoms with E-state index in [9.17, 15) is 39.3 Å². The number of ether oxygens (including phenoxy) is 2. The Kier molecular flexibility index (Phi) is 11.3. The average molecular weight is 492 g/mol. The highest BCUT2D eigenvalue weighted by Crippen LogP contribution is 2.23. The first-order chi connectivity index (χ1) is 15.8. The van der Waals surface area contributed by atoms with Crippen molar-refractivity contribution in [3.05, 3.63) is 0 Å². The molecule has 194 valence electrons. The number of aliphatic carboxylic acids is 1. The third kappa shape index (κ3) is 8.49. The molecule has 1 saturated heterocycles. The van der Waals surface area contributed by atoms with Gasteiger partial charge in [-0.05, 0) is 20.3 Å².